The van der Waals surface area contributed by atoms with Crippen molar-refractivity contribution >= 4 is 0 Å². The van der Waals surface area contributed by atoms with E-state index in [1.807, 2.05) is 0 Å². The highest BCUT2D eigenvalue weighted by Crippen LogP contribution is 2.27. The molecular weight excluding hydrogens is 184 g/mol. The number of hydrogen-bond acceptors (Lipinski definition) is 2. The van der Waals surface area contributed by atoms with Gasteiger partial charge in [0.25, 0.3) is 0 Å². The van der Waals surface area contributed by atoms with Crippen LogP contribution >= 0.6 is 0 Å². The zero-order valence-corrected chi connectivity index (χ0v) is 10.7. The summed E-state index contributed by atoms with van der Waals surface area (Å²) in [5, 5.41) is 0. The minimum Gasteiger partial charge on any atom is -0.328 e. The summed E-state index contributed by atoms with van der Waals surface area (Å²) in [6, 6.07) is 1.29. The highest BCUT2D eigenvalue weighted by molar-refractivity contribution is 4.84. The Morgan fingerprint density at radius 3 is 2.27 bits per heavy atom. The number of nitrogens with two attached hydrogens (primary N) is 1. The van der Waals surface area contributed by atoms with E-state index in [1.165, 1.54) is 45.2 Å². The molecule has 1 atom stereocenters. The third-order valence-electron chi connectivity index (χ3n) is 3.16. The molecule has 2 heteroatoms. The molecule has 1 unspecified atom stereocenters. The van der Waals surface area contributed by atoms with E-state index >= 15 is 0 Å². The van der Waals surface area contributed by atoms with Gasteiger partial charge in [-0.05, 0) is 58.0 Å². The Labute approximate surface area is 95.2 Å². The predicted octanol–water partition coefficient (Wildman–Crippen LogP) is 2.62. The van der Waals surface area contributed by atoms with Crippen LogP contribution in [0.4, 0.5) is 0 Å². The van der Waals surface area contributed by atoms with Crippen LogP contribution in [0.3, 0.4) is 0 Å². The molecule has 0 aromatic carbocycles. The molecule has 15 heavy (non-hydrogen) atoms. The molecule has 1 aliphatic rings. The second-order valence-corrected chi connectivity index (χ2v) is 5.57. The maximum Gasteiger partial charge on any atom is 0.00964 e. The van der Waals surface area contributed by atoms with Crippen LogP contribution in [0.2, 0.25) is 0 Å². The van der Waals surface area contributed by atoms with Crippen LogP contribution < -0.4 is 5.73 Å². The summed E-state index contributed by atoms with van der Waals surface area (Å²) in [4.78, 5) is 2.68. The van der Waals surface area contributed by atoms with Gasteiger partial charge in [-0.3, -0.25) is 0 Å². The lowest BCUT2D eigenvalue weighted by molar-refractivity contribution is 0.241. The number of hydrogen-bond donors (Lipinski definition) is 1. The van der Waals surface area contributed by atoms with Crippen molar-refractivity contribution in [2.24, 2.45) is 11.7 Å². The smallest absolute Gasteiger partial charge is 0.00964 e. The van der Waals surface area contributed by atoms with Gasteiger partial charge in [0.1, 0.15) is 0 Å². The Balaban J connectivity index is 2.13. The summed E-state index contributed by atoms with van der Waals surface area (Å²) in [6.45, 7) is 9.29. The first-order valence-electron chi connectivity index (χ1n) is 6.59. The maximum absolute atomic E-state index is 5.77. The largest absolute Gasteiger partial charge is 0.328 e. The van der Waals surface area contributed by atoms with Gasteiger partial charge in [-0.1, -0.05) is 13.8 Å². The van der Waals surface area contributed by atoms with E-state index in [4.69, 9.17) is 5.73 Å². The molecule has 0 amide bonds. The standard InChI is InChI=1S/C13H28N2/c1-11(2)8-10-15(13-6-7-13)9-4-5-12(3)14/h11-13H,4-10,14H2,1-3H3. The van der Waals surface area contributed by atoms with Gasteiger partial charge in [0.05, 0.1) is 0 Å². The van der Waals surface area contributed by atoms with Gasteiger partial charge >= 0.3 is 0 Å². The fourth-order valence-electron chi connectivity index (χ4n) is 1.96. The Morgan fingerprint density at radius 1 is 1.13 bits per heavy atom. The Morgan fingerprint density at radius 2 is 1.80 bits per heavy atom. The van der Waals surface area contributed by atoms with Crippen molar-refractivity contribution < 1.29 is 0 Å². The third kappa shape index (κ3) is 6.16. The van der Waals surface area contributed by atoms with Gasteiger partial charge in [0, 0.05) is 12.1 Å². The van der Waals surface area contributed by atoms with Crippen molar-refractivity contribution in [1.82, 2.24) is 4.90 Å². The molecule has 2 N–H and O–H groups in total. The Kier molecular flexibility index (Phi) is 5.62. The van der Waals surface area contributed by atoms with Crippen LogP contribution in [0.1, 0.15) is 52.9 Å². The lowest BCUT2D eigenvalue weighted by atomic mass is 10.1. The van der Waals surface area contributed by atoms with Crippen LogP contribution in [0.25, 0.3) is 0 Å². The molecule has 0 aliphatic heterocycles. The molecule has 0 saturated heterocycles. The summed E-state index contributed by atoms with van der Waals surface area (Å²) < 4.78 is 0. The van der Waals surface area contributed by atoms with Crippen LogP contribution in [0.15, 0.2) is 0 Å². The first-order chi connectivity index (χ1) is 7.09. The van der Waals surface area contributed by atoms with Crippen LogP contribution in [0.5, 0.6) is 0 Å². The van der Waals surface area contributed by atoms with Gasteiger partial charge < -0.3 is 10.6 Å². The van der Waals surface area contributed by atoms with Crippen molar-refractivity contribution in [3.05, 3.63) is 0 Å². The van der Waals surface area contributed by atoms with Crippen molar-refractivity contribution in [3.8, 4) is 0 Å². The van der Waals surface area contributed by atoms with E-state index in [0.29, 0.717) is 6.04 Å². The highest BCUT2D eigenvalue weighted by Gasteiger charge is 2.28. The second kappa shape index (κ2) is 6.49. The first kappa shape index (κ1) is 13.0. The normalized spacial score (nSPS) is 18.8. The quantitative estimate of drug-likeness (QED) is 0.670. The zero-order valence-electron chi connectivity index (χ0n) is 10.7. The van der Waals surface area contributed by atoms with E-state index in [0.717, 1.165) is 12.0 Å². The van der Waals surface area contributed by atoms with Gasteiger partial charge in [-0.25, -0.2) is 0 Å². The molecule has 2 nitrogen and oxygen atoms in total. The molecule has 1 aliphatic carbocycles. The topological polar surface area (TPSA) is 29.3 Å². The Bertz CT molecular complexity index is 162. The fraction of sp³-hybridized carbons (Fsp3) is 1.00. The summed E-state index contributed by atoms with van der Waals surface area (Å²) >= 11 is 0. The Hall–Kier alpha value is -0.0800. The van der Waals surface area contributed by atoms with Gasteiger partial charge in [-0.2, -0.15) is 0 Å². The lowest BCUT2D eigenvalue weighted by Gasteiger charge is -2.23. The monoisotopic (exact) mass is 212 g/mol. The lowest BCUT2D eigenvalue weighted by Crippen LogP contribution is -2.30. The van der Waals surface area contributed by atoms with Gasteiger partial charge in [-0.15, -0.1) is 0 Å². The molecule has 1 saturated carbocycles. The maximum atomic E-state index is 5.77. The van der Waals surface area contributed by atoms with E-state index in [1.54, 1.807) is 0 Å². The SMILES string of the molecule is CC(C)CCN(CCCC(C)N)C1CC1. The average Bonchev–Trinajstić information content (AvgIpc) is 2.93. The summed E-state index contributed by atoms with van der Waals surface area (Å²) in [6.07, 6.45) is 6.64. The van der Waals surface area contributed by atoms with E-state index in [2.05, 4.69) is 25.7 Å². The van der Waals surface area contributed by atoms with Crippen molar-refractivity contribution in [2.75, 3.05) is 13.1 Å². The molecule has 0 radical (unpaired) electrons. The molecule has 0 bridgehead atoms. The minimum absolute atomic E-state index is 0.371. The fourth-order valence-corrected chi connectivity index (χ4v) is 1.96. The van der Waals surface area contributed by atoms with Crippen molar-refractivity contribution in [1.29, 1.82) is 0 Å². The summed E-state index contributed by atoms with van der Waals surface area (Å²) in [7, 11) is 0. The van der Waals surface area contributed by atoms with Crippen LogP contribution in [-0.2, 0) is 0 Å². The molecule has 0 spiro atoms. The molecular formula is C13H28N2. The third-order valence-corrected chi connectivity index (χ3v) is 3.16. The molecule has 0 aromatic rings. The van der Waals surface area contributed by atoms with E-state index < -0.39 is 0 Å². The van der Waals surface area contributed by atoms with Crippen LogP contribution in [0, 0.1) is 5.92 Å². The predicted molar refractivity (Wildman–Crippen MR) is 66.9 cm³/mol. The van der Waals surface area contributed by atoms with E-state index in [-0.39, 0.29) is 0 Å². The molecule has 1 rings (SSSR count). The average molecular weight is 212 g/mol. The van der Waals surface area contributed by atoms with Crippen molar-refractivity contribution in [2.45, 2.75) is 65.0 Å². The minimum atomic E-state index is 0.371. The van der Waals surface area contributed by atoms with Gasteiger partial charge in [0.15, 0.2) is 0 Å². The van der Waals surface area contributed by atoms with E-state index in [9.17, 15) is 0 Å². The van der Waals surface area contributed by atoms with Crippen LogP contribution in [-0.4, -0.2) is 30.1 Å². The summed E-state index contributed by atoms with van der Waals surface area (Å²) in [5.41, 5.74) is 5.77. The molecule has 1 fully saturated rings. The zero-order chi connectivity index (χ0) is 11.3. The summed E-state index contributed by atoms with van der Waals surface area (Å²) in [5.74, 6) is 0.833. The second-order valence-electron chi connectivity index (χ2n) is 5.57. The first-order valence-corrected chi connectivity index (χ1v) is 6.59. The molecule has 90 valence electrons. The van der Waals surface area contributed by atoms with Crippen molar-refractivity contribution in [3.63, 3.8) is 0 Å². The van der Waals surface area contributed by atoms with Gasteiger partial charge in [0.2, 0.25) is 0 Å². The molecule has 0 aromatic heterocycles. The highest BCUT2D eigenvalue weighted by atomic mass is 15.2. The molecule has 0 heterocycles. The number of nitrogens with zero attached hydrogens (tertiary/aromatic N) is 1. The number of rotatable bonds is 8.